The van der Waals surface area contributed by atoms with Gasteiger partial charge in [-0.25, -0.2) is 4.98 Å². The summed E-state index contributed by atoms with van der Waals surface area (Å²) < 4.78 is 0. The van der Waals surface area contributed by atoms with Crippen molar-refractivity contribution in [3.05, 3.63) is 59.8 Å². The fourth-order valence-electron chi connectivity index (χ4n) is 2.37. The van der Waals surface area contributed by atoms with Gasteiger partial charge >= 0.3 is 0 Å². The zero-order valence-electron chi connectivity index (χ0n) is 13.7. The summed E-state index contributed by atoms with van der Waals surface area (Å²) in [5.74, 6) is 1.20. The van der Waals surface area contributed by atoms with Crippen LogP contribution in [0, 0.1) is 13.8 Å². The SMILES string of the molecule is Cc1ccc(N)c(C)c1Nc1ccnc(Nc2ccc(N)cc2)n1. The van der Waals surface area contributed by atoms with Crippen molar-refractivity contribution in [2.24, 2.45) is 0 Å². The molecule has 1 aromatic heterocycles. The van der Waals surface area contributed by atoms with Crippen LogP contribution < -0.4 is 22.1 Å². The number of aryl methyl sites for hydroxylation is 1. The zero-order chi connectivity index (χ0) is 17.1. The first-order valence-electron chi connectivity index (χ1n) is 7.61. The molecule has 0 aliphatic rings. The Kier molecular flexibility index (Phi) is 4.20. The van der Waals surface area contributed by atoms with Gasteiger partial charge in [-0.2, -0.15) is 4.98 Å². The molecule has 3 aromatic rings. The molecule has 0 atom stereocenters. The van der Waals surface area contributed by atoms with Gasteiger partial charge in [0.1, 0.15) is 5.82 Å². The topological polar surface area (TPSA) is 102 Å². The molecule has 0 fully saturated rings. The van der Waals surface area contributed by atoms with E-state index in [1.54, 1.807) is 6.20 Å². The van der Waals surface area contributed by atoms with Gasteiger partial charge in [-0.3, -0.25) is 0 Å². The summed E-state index contributed by atoms with van der Waals surface area (Å²) in [6.45, 7) is 4.02. The minimum absolute atomic E-state index is 0.504. The first kappa shape index (κ1) is 15.6. The van der Waals surface area contributed by atoms with Crippen molar-refractivity contribution >= 4 is 34.5 Å². The summed E-state index contributed by atoms with van der Waals surface area (Å²) in [5, 5.41) is 6.48. The molecule has 122 valence electrons. The van der Waals surface area contributed by atoms with E-state index in [1.165, 1.54) is 0 Å². The van der Waals surface area contributed by atoms with Crippen LogP contribution in [0.25, 0.3) is 0 Å². The van der Waals surface area contributed by atoms with E-state index in [1.807, 2.05) is 56.3 Å². The summed E-state index contributed by atoms with van der Waals surface area (Å²) in [6.07, 6.45) is 1.70. The second-order valence-electron chi connectivity index (χ2n) is 5.61. The van der Waals surface area contributed by atoms with Crippen molar-refractivity contribution in [1.82, 2.24) is 9.97 Å². The molecular weight excluding hydrogens is 300 g/mol. The molecule has 0 saturated carbocycles. The van der Waals surface area contributed by atoms with Gasteiger partial charge in [0.05, 0.1) is 0 Å². The number of nitrogens with two attached hydrogens (primary N) is 2. The van der Waals surface area contributed by atoms with Crippen LogP contribution >= 0.6 is 0 Å². The lowest BCUT2D eigenvalue weighted by molar-refractivity contribution is 1.16. The van der Waals surface area contributed by atoms with Gasteiger partial charge in [0, 0.05) is 28.9 Å². The highest BCUT2D eigenvalue weighted by Gasteiger charge is 2.07. The molecule has 0 spiro atoms. The highest BCUT2D eigenvalue weighted by Crippen LogP contribution is 2.28. The van der Waals surface area contributed by atoms with E-state index in [2.05, 4.69) is 20.6 Å². The molecule has 1 heterocycles. The standard InChI is InChI=1S/C18H20N6/c1-11-3-8-15(20)12(2)17(11)23-16-9-10-21-18(24-16)22-14-6-4-13(19)5-7-14/h3-10H,19-20H2,1-2H3,(H2,21,22,23,24). The lowest BCUT2D eigenvalue weighted by atomic mass is 10.1. The monoisotopic (exact) mass is 320 g/mol. The first-order valence-corrected chi connectivity index (χ1v) is 7.61. The number of hydrogen-bond donors (Lipinski definition) is 4. The molecule has 6 N–H and O–H groups in total. The summed E-state index contributed by atoms with van der Waals surface area (Å²) in [5.41, 5.74) is 17.1. The molecule has 0 aliphatic carbocycles. The molecule has 3 rings (SSSR count). The molecule has 24 heavy (non-hydrogen) atoms. The quantitative estimate of drug-likeness (QED) is 0.546. The maximum atomic E-state index is 5.99. The Morgan fingerprint density at radius 1 is 0.875 bits per heavy atom. The summed E-state index contributed by atoms with van der Waals surface area (Å²) in [6, 6.07) is 13.1. The minimum Gasteiger partial charge on any atom is -0.399 e. The zero-order valence-corrected chi connectivity index (χ0v) is 13.7. The molecule has 6 nitrogen and oxygen atoms in total. The molecule has 0 bridgehead atoms. The third-order valence-corrected chi connectivity index (χ3v) is 3.79. The van der Waals surface area contributed by atoms with Gasteiger partial charge in [0.25, 0.3) is 0 Å². The van der Waals surface area contributed by atoms with E-state index in [9.17, 15) is 0 Å². The van der Waals surface area contributed by atoms with Crippen molar-refractivity contribution in [1.29, 1.82) is 0 Å². The molecule has 0 aliphatic heterocycles. The Hall–Kier alpha value is -3.28. The highest BCUT2D eigenvalue weighted by atomic mass is 15.1. The average Bonchev–Trinajstić information content (AvgIpc) is 2.58. The Balaban J connectivity index is 1.83. The first-order chi connectivity index (χ1) is 11.5. The normalized spacial score (nSPS) is 10.4. The van der Waals surface area contributed by atoms with Crippen LogP contribution in [-0.4, -0.2) is 9.97 Å². The van der Waals surface area contributed by atoms with Crippen molar-refractivity contribution in [3.8, 4) is 0 Å². The van der Waals surface area contributed by atoms with Gasteiger partial charge in [0.2, 0.25) is 5.95 Å². The van der Waals surface area contributed by atoms with Gasteiger partial charge in [0.15, 0.2) is 0 Å². The van der Waals surface area contributed by atoms with Gasteiger partial charge < -0.3 is 22.1 Å². The number of hydrogen-bond acceptors (Lipinski definition) is 6. The van der Waals surface area contributed by atoms with Crippen molar-refractivity contribution in [3.63, 3.8) is 0 Å². The second-order valence-corrected chi connectivity index (χ2v) is 5.61. The Morgan fingerprint density at radius 2 is 1.62 bits per heavy atom. The lowest BCUT2D eigenvalue weighted by Gasteiger charge is -2.14. The predicted molar refractivity (Wildman–Crippen MR) is 99.8 cm³/mol. The van der Waals surface area contributed by atoms with Crippen LogP contribution in [0.4, 0.5) is 34.5 Å². The summed E-state index contributed by atoms with van der Waals surface area (Å²) in [4.78, 5) is 8.74. The van der Waals surface area contributed by atoms with Crippen LogP contribution in [0.2, 0.25) is 0 Å². The fourth-order valence-corrected chi connectivity index (χ4v) is 2.37. The molecule has 2 aromatic carbocycles. The van der Waals surface area contributed by atoms with E-state index in [4.69, 9.17) is 11.5 Å². The van der Waals surface area contributed by atoms with Crippen LogP contribution in [-0.2, 0) is 0 Å². The fraction of sp³-hybridized carbons (Fsp3) is 0.111. The number of aromatic nitrogens is 2. The van der Waals surface area contributed by atoms with Crippen molar-refractivity contribution in [2.75, 3.05) is 22.1 Å². The second kappa shape index (κ2) is 6.45. The Bertz CT molecular complexity index is 858. The summed E-state index contributed by atoms with van der Waals surface area (Å²) >= 11 is 0. The van der Waals surface area contributed by atoms with E-state index in [-0.39, 0.29) is 0 Å². The average molecular weight is 320 g/mol. The van der Waals surface area contributed by atoms with E-state index in [0.29, 0.717) is 17.5 Å². The Labute approximate surface area is 140 Å². The van der Waals surface area contributed by atoms with Crippen molar-refractivity contribution < 1.29 is 0 Å². The van der Waals surface area contributed by atoms with E-state index in [0.717, 1.165) is 28.2 Å². The maximum Gasteiger partial charge on any atom is 0.229 e. The number of nitrogens with one attached hydrogen (secondary N) is 2. The maximum absolute atomic E-state index is 5.99. The van der Waals surface area contributed by atoms with Gasteiger partial charge in [-0.15, -0.1) is 0 Å². The summed E-state index contributed by atoms with van der Waals surface area (Å²) in [7, 11) is 0. The van der Waals surface area contributed by atoms with Crippen LogP contribution in [0.5, 0.6) is 0 Å². The van der Waals surface area contributed by atoms with Crippen LogP contribution in [0.15, 0.2) is 48.7 Å². The Morgan fingerprint density at radius 3 is 2.38 bits per heavy atom. The molecule has 0 saturated heterocycles. The van der Waals surface area contributed by atoms with E-state index < -0.39 is 0 Å². The molecular formula is C18H20N6. The lowest BCUT2D eigenvalue weighted by Crippen LogP contribution is -2.03. The molecule has 0 radical (unpaired) electrons. The van der Waals surface area contributed by atoms with Crippen LogP contribution in [0.3, 0.4) is 0 Å². The van der Waals surface area contributed by atoms with Gasteiger partial charge in [-0.05, 0) is 61.4 Å². The number of benzene rings is 2. The smallest absolute Gasteiger partial charge is 0.229 e. The molecule has 0 amide bonds. The predicted octanol–water partition coefficient (Wildman–Crippen LogP) is 3.75. The number of nitrogen functional groups attached to an aromatic ring is 2. The third-order valence-electron chi connectivity index (χ3n) is 3.79. The van der Waals surface area contributed by atoms with Crippen molar-refractivity contribution in [2.45, 2.75) is 13.8 Å². The third kappa shape index (κ3) is 3.38. The number of nitrogens with zero attached hydrogens (tertiary/aromatic N) is 2. The van der Waals surface area contributed by atoms with E-state index >= 15 is 0 Å². The largest absolute Gasteiger partial charge is 0.399 e. The minimum atomic E-state index is 0.504. The molecule has 0 unspecified atom stereocenters. The highest BCUT2D eigenvalue weighted by molar-refractivity contribution is 5.71. The number of anilines is 6. The van der Waals surface area contributed by atoms with Crippen LogP contribution in [0.1, 0.15) is 11.1 Å². The molecule has 6 heteroatoms. The van der Waals surface area contributed by atoms with Gasteiger partial charge in [-0.1, -0.05) is 6.07 Å². The number of rotatable bonds is 4.